The zero-order valence-electron chi connectivity index (χ0n) is 15.9. The highest BCUT2D eigenvalue weighted by molar-refractivity contribution is 7.92. The van der Waals surface area contributed by atoms with Gasteiger partial charge in [0.1, 0.15) is 16.4 Å². The zero-order valence-corrected chi connectivity index (χ0v) is 17.6. The van der Waals surface area contributed by atoms with Crippen molar-refractivity contribution in [3.05, 3.63) is 52.9 Å². The number of aromatic nitrogens is 1. The van der Waals surface area contributed by atoms with E-state index in [1.165, 1.54) is 11.3 Å². The van der Waals surface area contributed by atoms with E-state index in [4.69, 9.17) is 9.47 Å². The Kier molecular flexibility index (Phi) is 6.21. The number of hydrogen-bond acceptors (Lipinski definition) is 6. The van der Waals surface area contributed by atoms with Crippen LogP contribution in [0.25, 0.3) is 11.3 Å². The van der Waals surface area contributed by atoms with Crippen molar-refractivity contribution in [2.75, 3.05) is 17.9 Å². The standard InChI is InChI=1S/C20H22N2O4S2/c1-4-25-17-9-7-16(8-10-17)22-28(23,24)20-12-15(6-11-19(20)26-5-2)18-13-27-14(3)21-18/h6-13,22H,4-5H2,1-3H3. The first-order valence-corrected chi connectivity index (χ1v) is 11.2. The minimum Gasteiger partial charge on any atom is -0.494 e. The molecule has 3 aromatic rings. The number of ether oxygens (including phenoxy) is 2. The molecular weight excluding hydrogens is 396 g/mol. The zero-order chi connectivity index (χ0) is 20.1. The molecule has 3 rings (SSSR count). The highest BCUT2D eigenvalue weighted by Gasteiger charge is 2.21. The van der Waals surface area contributed by atoms with E-state index in [2.05, 4.69) is 9.71 Å². The van der Waals surface area contributed by atoms with Crippen molar-refractivity contribution in [2.24, 2.45) is 0 Å². The van der Waals surface area contributed by atoms with E-state index in [0.29, 0.717) is 30.4 Å². The number of aryl methyl sites for hydroxylation is 1. The molecule has 0 aliphatic heterocycles. The number of nitrogens with one attached hydrogen (secondary N) is 1. The topological polar surface area (TPSA) is 77.5 Å². The van der Waals surface area contributed by atoms with Gasteiger partial charge in [0.25, 0.3) is 10.0 Å². The summed E-state index contributed by atoms with van der Waals surface area (Å²) in [6, 6.07) is 11.8. The average molecular weight is 419 g/mol. The maximum absolute atomic E-state index is 13.1. The van der Waals surface area contributed by atoms with Crippen molar-refractivity contribution in [1.29, 1.82) is 0 Å². The maximum Gasteiger partial charge on any atom is 0.265 e. The van der Waals surface area contributed by atoms with Crippen LogP contribution >= 0.6 is 11.3 Å². The van der Waals surface area contributed by atoms with E-state index in [-0.39, 0.29) is 4.90 Å². The van der Waals surface area contributed by atoms with Gasteiger partial charge in [-0.3, -0.25) is 4.72 Å². The van der Waals surface area contributed by atoms with Crippen molar-refractivity contribution in [2.45, 2.75) is 25.7 Å². The lowest BCUT2D eigenvalue weighted by molar-refractivity contribution is 0.331. The molecular formula is C20H22N2O4S2. The highest BCUT2D eigenvalue weighted by Crippen LogP contribution is 2.32. The van der Waals surface area contributed by atoms with Crippen LogP contribution in [0.4, 0.5) is 5.69 Å². The predicted octanol–water partition coefficient (Wildman–Crippen LogP) is 4.72. The van der Waals surface area contributed by atoms with Crippen LogP contribution in [0.15, 0.2) is 52.7 Å². The molecule has 28 heavy (non-hydrogen) atoms. The molecule has 0 fully saturated rings. The second kappa shape index (κ2) is 8.62. The van der Waals surface area contributed by atoms with Gasteiger partial charge in [0.05, 0.1) is 23.9 Å². The SMILES string of the molecule is CCOc1ccc(NS(=O)(=O)c2cc(-c3csc(C)n3)ccc2OCC)cc1. The van der Waals surface area contributed by atoms with Crippen LogP contribution in [0.2, 0.25) is 0 Å². The van der Waals surface area contributed by atoms with E-state index in [1.54, 1.807) is 36.4 Å². The predicted molar refractivity (Wildman–Crippen MR) is 112 cm³/mol. The minimum absolute atomic E-state index is 0.0754. The molecule has 0 radical (unpaired) electrons. The first-order chi connectivity index (χ1) is 13.4. The molecule has 0 amide bonds. The third-order valence-corrected chi connectivity index (χ3v) is 6.04. The van der Waals surface area contributed by atoms with Gasteiger partial charge in [0.15, 0.2) is 0 Å². The minimum atomic E-state index is -3.86. The number of nitrogens with zero attached hydrogens (tertiary/aromatic N) is 1. The molecule has 2 aromatic carbocycles. The summed E-state index contributed by atoms with van der Waals surface area (Å²) in [4.78, 5) is 4.51. The number of sulfonamides is 1. The van der Waals surface area contributed by atoms with E-state index in [9.17, 15) is 8.42 Å². The molecule has 0 aliphatic rings. The summed E-state index contributed by atoms with van der Waals surface area (Å²) in [5, 5.41) is 2.82. The second-order valence-corrected chi connectivity index (χ2v) is 8.62. The van der Waals surface area contributed by atoms with E-state index in [1.807, 2.05) is 32.2 Å². The van der Waals surface area contributed by atoms with Gasteiger partial charge in [-0.15, -0.1) is 11.3 Å². The molecule has 148 valence electrons. The summed E-state index contributed by atoms with van der Waals surface area (Å²) < 4.78 is 39.7. The normalized spacial score (nSPS) is 11.2. The Bertz CT molecular complexity index is 1040. The molecule has 0 unspecified atom stereocenters. The molecule has 0 spiro atoms. The van der Waals surface area contributed by atoms with E-state index >= 15 is 0 Å². The molecule has 6 nitrogen and oxygen atoms in total. The lowest BCUT2D eigenvalue weighted by Gasteiger charge is -2.14. The van der Waals surface area contributed by atoms with Gasteiger partial charge in [-0.1, -0.05) is 0 Å². The first kappa shape index (κ1) is 20.2. The molecule has 0 aliphatic carbocycles. The van der Waals surface area contributed by atoms with Crippen LogP contribution in [0.1, 0.15) is 18.9 Å². The summed E-state index contributed by atoms with van der Waals surface area (Å²) >= 11 is 1.52. The third kappa shape index (κ3) is 4.63. The van der Waals surface area contributed by atoms with Crippen molar-refractivity contribution < 1.29 is 17.9 Å². The fourth-order valence-electron chi connectivity index (χ4n) is 2.64. The number of rotatable bonds is 8. The van der Waals surface area contributed by atoms with Crippen LogP contribution in [-0.4, -0.2) is 26.6 Å². The lowest BCUT2D eigenvalue weighted by Crippen LogP contribution is -2.14. The summed E-state index contributed by atoms with van der Waals surface area (Å²) in [6.45, 7) is 6.52. The fraction of sp³-hybridized carbons (Fsp3) is 0.250. The Morgan fingerprint density at radius 1 is 1.04 bits per heavy atom. The van der Waals surface area contributed by atoms with Gasteiger partial charge in [-0.25, -0.2) is 13.4 Å². The largest absolute Gasteiger partial charge is 0.494 e. The Balaban J connectivity index is 1.96. The smallest absolute Gasteiger partial charge is 0.265 e. The van der Waals surface area contributed by atoms with Gasteiger partial charge >= 0.3 is 0 Å². The number of anilines is 1. The van der Waals surface area contributed by atoms with Gasteiger partial charge in [-0.05, 0) is 63.2 Å². The molecule has 0 bridgehead atoms. The third-order valence-electron chi connectivity index (χ3n) is 3.87. The fourth-order valence-corrected chi connectivity index (χ4v) is 4.50. The first-order valence-electron chi connectivity index (χ1n) is 8.88. The molecule has 1 N–H and O–H groups in total. The summed E-state index contributed by atoms with van der Waals surface area (Å²) in [7, 11) is -3.86. The molecule has 8 heteroatoms. The lowest BCUT2D eigenvalue weighted by atomic mass is 10.2. The van der Waals surface area contributed by atoms with Crippen molar-refractivity contribution in [3.8, 4) is 22.8 Å². The highest BCUT2D eigenvalue weighted by atomic mass is 32.2. The van der Waals surface area contributed by atoms with Crippen LogP contribution in [-0.2, 0) is 10.0 Å². The van der Waals surface area contributed by atoms with Gasteiger partial charge in [0, 0.05) is 16.6 Å². The monoisotopic (exact) mass is 418 g/mol. The van der Waals surface area contributed by atoms with Gasteiger partial charge < -0.3 is 9.47 Å². The molecule has 1 aromatic heterocycles. The van der Waals surface area contributed by atoms with Crippen molar-refractivity contribution in [1.82, 2.24) is 4.98 Å². The maximum atomic E-state index is 13.1. The van der Waals surface area contributed by atoms with Crippen molar-refractivity contribution >= 4 is 27.0 Å². The van der Waals surface area contributed by atoms with Crippen LogP contribution in [0, 0.1) is 6.92 Å². The Morgan fingerprint density at radius 3 is 2.36 bits per heavy atom. The second-order valence-electron chi connectivity index (χ2n) is 5.91. The van der Waals surface area contributed by atoms with Crippen LogP contribution in [0.3, 0.4) is 0 Å². The van der Waals surface area contributed by atoms with Crippen molar-refractivity contribution in [3.63, 3.8) is 0 Å². The summed E-state index contributed by atoms with van der Waals surface area (Å²) in [5.41, 5.74) is 1.91. The molecule has 0 atom stereocenters. The van der Waals surface area contributed by atoms with E-state index < -0.39 is 10.0 Å². The molecule has 1 heterocycles. The summed E-state index contributed by atoms with van der Waals surface area (Å²) in [6.07, 6.45) is 0. The number of benzene rings is 2. The quantitative estimate of drug-likeness (QED) is 0.573. The average Bonchev–Trinajstić information content (AvgIpc) is 3.10. The van der Waals surface area contributed by atoms with Crippen LogP contribution < -0.4 is 14.2 Å². The number of thiazole rings is 1. The van der Waals surface area contributed by atoms with Crippen LogP contribution in [0.5, 0.6) is 11.5 Å². The van der Waals surface area contributed by atoms with Gasteiger partial charge in [0.2, 0.25) is 0 Å². The Hall–Kier alpha value is -2.58. The number of hydrogen-bond donors (Lipinski definition) is 1. The van der Waals surface area contributed by atoms with Gasteiger partial charge in [-0.2, -0.15) is 0 Å². The molecule has 0 saturated heterocycles. The molecule has 0 saturated carbocycles. The Labute approximate surface area is 169 Å². The Morgan fingerprint density at radius 2 is 1.75 bits per heavy atom. The summed E-state index contributed by atoms with van der Waals surface area (Å²) in [5.74, 6) is 0.984. The van der Waals surface area contributed by atoms with E-state index in [0.717, 1.165) is 16.3 Å².